The summed E-state index contributed by atoms with van der Waals surface area (Å²) in [4.78, 5) is 37.1. The van der Waals surface area contributed by atoms with Crippen molar-refractivity contribution in [1.82, 2.24) is 9.55 Å². The quantitative estimate of drug-likeness (QED) is 0.328. The minimum atomic E-state index is -4.12. The number of benzene rings is 2. The van der Waals surface area contributed by atoms with Gasteiger partial charge in [-0.15, -0.1) is 0 Å². The first-order chi connectivity index (χ1) is 14.5. The number of aromatic nitrogens is 2. The third-order valence-corrected chi connectivity index (χ3v) is 4.74. The molecule has 0 radical (unpaired) electrons. The molecule has 8 nitrogen and oxygen atoms in total. The largest absolute Gasteiger partial charge is 0.489 e. The lowest BCUT2D eigenvalue weighted by Gasteiger charge is -2.13. The fourth-order valence-electron chi connectivity index (χ4n) is 2.83. The van der Waals surface area contributed by atoms with Crippen LogP contribution in [0, 0.1) is 17.0 Å². The molecule has 0 bridgehead atoms. The highest BCUT2D eigenvalue weighted by Crippen LogP contribution is 2.34. The van der Waals surface area contributed by atoms with E-state index >= 15 is 0 Å². The lowest BCUT2D eigenvalue weighted by Crippen LogP contribution is -2.37. The van der Waals surface area contributed by atoms with Crippen molar-refractivity contribution < 1.29 is 18.4 Å². The van der Waals surface area contributed by atoms with Crippen LogP contribution in [0.4, 0.5) is 14.5 Å². The van der Waals surface area contributed by atoms with Gasteiger partial charge in [-0.2, -0.15) is 8.78 Å². The summed E-state index contributed by atoms with van der Waals surface area (Å²) in [6.07, 6.45) is 0. The summed E-state index contributed by atoms with van der Waals surface area (Å²) in [5.41, 5.74) is -3.39. The van der Waals surface area contributed by atoms with Crippen molar-refractivity contribution in [3.8, 4) is 11.4 Å². The Labute approximate surface area is 182 Å². The van der Waals surface area contributed by atoms with Gasteiger partial charge in [-0.3, -0.25) is 14.9 Å². The number of aromatic amines is 1. The first kappa shape index (κ1) is 22.4. The molecule has 162 valence electrons. The fraction of sp³-hybridized carbons (Fsp3) is 0.158. The second-order valence-electron chi connectivity index (χ2n) is 6.44. The average molecular weight is 472 g/mol. The Bertz CT molecular complexity index is 1280. The Balaban J connectivity index is 2.05. The first-order valence-electron chi connectivity index (χ1n) is 8.58. The van der Waals surface area contributed by atoms with Gasteiger partial charge < -0.3 is 9.72 Å². The van der Waals surface area contributed by atoms with Crippen LogP contribution in [0.3, 0.4) is 0 Å². The summed E-state index contributed by atoms with van der Waals surface area (Å²) >= 11 is 10.5. The molecule has 31 heavy (non-hydrogen) atoms. The standard InChI is InChI=1S/C19H13Cl2F2N3O5/c1-10-3-2-4-11(7-10)9-31-12-5-6-13(14(8-12)26(29)30)25-17(27)15(20)16(19(21,22)23)24-18(25)28/h2-8H,9H2,1H3,(H,24,28). The smallest absolute Gasteiger partial charge is 0.364 e. The van der Waals surface area contributed by atoms with Crippen LogP contribution in [-0.4, -0.2) is 14.5 Å². The number of nitrogens with one attached hydrogen (secondary N) is 1. The summed E-state index contributed by atoms with van der Waals surface area (Å²) in [6.45, 7) is 2.01. The highest BCUT2D eigenvalue weighted by atomic mass is 35.5. The second kappa shape index (κ2) is 8.48. The van der Waals surface area contributed by atoms with Crippen molar-refractivity contribution in [3.05, 3.63) is 95.3 Å². The number of ether oxygens (including phenoxy) is 1. The number of H-pyrrole nitrogens is 1. The summed E-state index contributed by atoms with van der Waals surface area (Å²) in [7, 11) is 0. The second-order valence-corrected chi connectivity index (χ2v) is 7.30. The van der Waals surface area contributed by atoms with Crippen LogP contribution in [0.2, 0.25) is 5.02 Å². The molecule has 0 fully saturated rings. The van der Waals surface area contributed by atoms with Crippen LogP contribution in [0.5, 0.6) is 5.75 Å². The zero-order chi connectivity index (χ0) is 22.9. The molecule has 0 saturated heterocycles. The van der Waals surface area contributed by atoms with Crippen LogP contribution in [0.1, 0.15) is 16.8 Å². The van der Waals surface area contributed by atoms with Crippen LogP contribution in [-0.2, 0) is 12.0 Å². The van der Waals surface area contributed by atoms with Gasteiger partial charge in [0, 0.05) is 0 Å². The average Bonchev–Trinajstić information content (AvgIpc) is 2.69. The minimum absolute atomic E-state index is 0.0939. The van der Waals surface area contributed by atoms with Gasteiger partial charge in [0.2, 0.25) is 0 Å². The molecule has 0 aliphatic rings. The number of rotatable bonds is 6. The predicted molar refractivity (Wildman–Crippen MR) is 110 cm³/mol. The van der Waals surface area contributed by atoms with Crippen molar-refractivity contribution >= 4 is 28.9 Å². The molecule has 2 aromatic carbocycles. The fourth-order valence-corrected chi connectivity index (χ4v) is 3.27. The number of alkyl halides is 3. The molecule has 0 spiro atoms. The number of aryl methyl sites for hydroxylation is 1. The number of hydrogen-bond acceptors (Lipinski definition) is 5. The van der Waals surface area contributed by atoms with E-state index in [1.165, 1.54) is 6.07 Å². The predicted octanol–water partition coefficient (Wildman–Crippen LogP) is 4.26. The normalized spacial score (nSPS) is 11.4. The van der Waals surface area contributed by atoms with Crippen LogP contribution in [0.25, 0.3) is 5.69 Å². The maximum Gasteiger partial charge on any atom is 0.364 e. The van der Waals surface area contributed by atoms with Crippen LogP contribution < -0.4 is 16.0 Å². The Kier molecular flexibility index (Phi) is 6.14. The van der Waals surface area contributed by atoms with Gasteiger partial charge >= 0.3 is 11.1 Å². The lowest BCUT2D eigenvalue weighted by atomic mass is 10.1. The van der Waals surface area contributed by atoms with Crippen molar-refractivity contribution in [2.24, 2.45) is 0 Å². The molecule has 1 aromatic heterocycles. The van der Waals surface area contributed by atoms with E-state index in [-0.39, 0.29) is 16.9 Å². The molecule has 0 aliphatic heterocycles. The maximum atomic E-state index is 13.4. The lowest BCUT2D eigenvalue weighted by molar-refractivity contribution is -0.384. The molecule has 12 heteroatoms. The molecule has 1 heterocycles. The topological polar surface area (TPSA) is 107 Å². The summed E-state index contributed by atoms with van der Waals surface area (Å²) in [5, 5.41) is 6.36. The molecular weight excluding hydrogens is 459 g/mol. The van der Waals surface area contributed by atoms with Crippen LogP contribution >= 0.6 is 23.2 Å². The third kappa shape index (κ3) is 4.75. The highest BCUT2D eigenvalue weighted by molar-refractivity contribution is 6.32. The van der Waals surface area contributed by atoms with Gasteiger partial charge in [0.1, 0.15) is 28.8 Å². The Morgan fingerprint density at radius 2 is 1.94 bits per heavy atom. The van der Waals surface area contributed by atoms with E-state index in [1.54, 1.807) is 4.98 Å². The summed E-state index contributed by atoms with van der Waals surface area (Å²) in [6, 6.07) is 10.8. The zero-order valence-electron chi connectivity index (χ0n) is 15.7. The number of nitrogens with zero attached hydrogens (tertiary/aromatic N) is 2. The molecule has 0 saturated carbocycles. The van der Waals surface area contributed by atoms with Gasteiger partial charge in [0.25, 0.3) is 11.2 Å². The van der Waals surface area contributed by atoms with Crippen molar-refractivity contribution in [2.45, 2.75) is 18.9 Å². The van der Waals surface area contributed by atoms with E-state index in [0.717, 1.165) is 23.3 Å². The molecule has 3 rings (SSSR count). The van der Waals surface area contributed by atoms with Crippen LogP contribution in [0.15, 0.2) is 52.1 Å². The number of nitro benzene ring substituents is 1. The monoisotopic (exact) mass is 471 g/mol. The van der Waals surface area contributed by atoms with Crippen molar-refractivity contribution in [2.75, 3.05) is 0 Å². The SMILES string of the molecule is Cc1cccc(COc2ccc(-n3c(=O)[nH]c(C(F)(F)Cl)c(Cl)c3=O)c([N+](=O)[O-])c2)c1. The Morgan fingerprint density at radius 3 is 2.55 bits per heavy atom. The van der Waals surface area contributed by atoms with Gasteiger partial charge in [0.15, 0.2) is 0 Å². The third-order valence-electron chi connectivity index (χ3n) is 4.20. The molecular formula is C19H13Cl2F2N3O5. The van der Waals surface area contributed by atoms with Gasteiger partial charge in [0.05, 0.1) is 11.0 Å². The molecule has 3 aromatic rings. The Hall–Kier alpha value is -3.24. The first-order valence-corrected chi connectivity index (χ1v) is 9.34. The number of hydrogen-bond donors (Lipinski definition) is 1. The van der Waals surface area contributed by atoms with E-state index in [2.05, 4.69) is 0 Å². The van der Waals surface area contributed by atoms with E-state index < -0.39 is 43.6 Å². The minimum Gasteiger partial charge on any atom is -0.489 e. The highest BCUT2D eigenvalue weighted by Gasteiger charge is 2.35. The molecule has 0 unspecified atom stereocenters. The van der Waals surface area contributed by atoms with Crippen molar-refractivity contribution in [1.29, 1.82) is 0 Å². The Morgan fingerprint density at radius 1 is 1.23 bits per heavy atom. The maximum absolute atomic E-state index is 13.4. The van der Waals surface area contributed by atoms with Crippen molar-refractivity contribution in [3.63, 3.8) is 0 Å². The molecule has 0 amide bonds. The molecule has 0 aliphatic carbocycles. The summed E-state index contributed by atoms with van der Waals surface area (Å²) in [5.74, 6) is 0.0939. The number of halogens is 4. The van der Waals surface area contributed by atoms with Gasteiger partial charge in [-0.1, -0.05) is 41.4 Å². The van der Waals surface area contributed by atoms with Gasteiger partial charge in [-0.25, -0.2) is 9.36 Å². The number of nitro groups is 1. The van der Waals surface area contributed by atoms with E-state index in [9.17, 15) is 28.5 Å². The van der Waals surface area contributed by atoms with Gasteiger partial charge in [-0.05, 0) is 36.2 Å². The molecule has 1 N–H and O–H groups in total. The zero-order valence-corrected chi connectivity index (χ0v) is 17.2. The summed E-state index contributed by atoms with van der Waals surface area (Å²) < 4.78 is 32.5. The molecule has 0 atom stereocenters. The van der Waals surface area contributed by atoms with E-state index in [4.69, 9.17) is 27.9 Å². The van der Waals surface area contributed by atoms with E-state index in [1.807, 2.05) is 31.2 Å². The van der Waals surface area contributed by atoms with E-state index in [0.29, 0.717) is 0 Å².